The van der Waals surface area contributed by atoms with E-state index < -0.39 is 15.2 Å². The van der Waals surface area contributed by atoms with Crippen molar-refractivity contribution < 1.29 is 171 Å². The molecule has 10 nitrogen and oxygen atoms in total. The summed E-state index contributed by atoms with van der Waals surface area (Å²) >= 11 is 0. The van der Waals surface area contributed by atoms with Gasteiger partial charge in [-0.05, 0) is 31.1 Å². The molecule has 38 heavy (non-hydrogen) atoms. The molecule has 186 valence electrons. The summed E-state index contributed by atoms with van der Waals surface area (Å²) in [7, 11) is -9.34. The molecule has 0 aromatic heterocycles. The molecule has 0 radical (unpaired) electrons. The Bertz CT molecular complexity index is 1370. The van der Waals surface area contributed by atoms with Crippen LogP contribution in [0.1, 0.15) is 32.4 Å². The van der Waals surface area contributed by atoms with E-state index in [9.17, 15) is 38.3 Å². The first-order valence-corrected chi connectivity index (χ1v) is 13.2. The van der Waals surface area contributed by atoms with Crippen LogP contribution in [0.4, 0.5) is 5.69 Å². The van der Waals surface area contributed by atoms with Crippen LogP contribution in [0.3, 0.4) is 0 Å². The van der Waals surface area contributed by atoms with Gasteiger partial charge in [-0.15, -0.1) is 9.15 Å². The van der Waals surface area contributed by atoms with E-state index >= 15 is 0 Å². The van der Waals surface area contributed by atoms with E-state index in [-0.39, 0.29) is 153 Å². The first-order valence-electron chi connectivity index (χ1n) is 10.1. The van der Waals surface area contributed by atoms with Crippen LogP contribution in [0.15, 0.2) is 71.7 Å². The first-order chi connectivity index (χ1) is 15.8. The van der Waals surface area contributed by atoms with Crippen molar-refractivity contribution in [3.63, 3.8) is 0 Å². The van der Waals surface area contributed by atoms with Crippen molar-refractivity contribution in [1.82, 2.24) is 0 Å². The average molecular weight is 600 g/mol. The SMILES string of the molecule is CC(=O)[N+](C1=CC(=[N+](C(C)=O)c2ccc(P(=O)(O)O)cc2)CC=C1)=C1C=CC(P(=O)([O-])[O-])=CC1.[H-].[H-].[H-].[H-].[Na+].[Na+].[Na+].[Na+]. The summed E-state index contributed by atoms with van der Waals surface area (Å²) in [5.74, 6) is -0.708. The van der Waals surface area contributed by atoms with E-state index in [1.807, 2.05) is 0 Å². The van der Waals surface area contributed by atoms with Gasteiger partial charge in [0.05, 0.1) is 38.1 Å². The minimum absolute atomic E-state index is 0. The van der Waals surface area contributed by atoms with Crippen molar-refractivity contribution in [2.45, 2.75) is 26.7 Å². The fourth-order valence-corrected chi connectivity index (χ4v) is 4.77. The Morgan fingerprint density at radius 3 is 1.82 bits per heavy atom. The van der Waals surface area contributed by atoms with Crippen LogP contribution in [0.5, 0.6) is 0 Å². The standard InChI is InChI=1S/C22H22N2O8P2.4Na.4H/c1-15(25)23(17-6-10-21(11-7-17)33(27,28)29)19-4-3-5-20(14-19)24(16(2)26)18-8-12-22(13-9-18)34(30,31)32;;;;;;;;/h3-4,6,8-14H,5,7H2,1-2H3,(H2-2,27,28,29,30,31,32);;;;;;;;/q;4*+1;4*-1. The quantitative estimate of drug-likeness (QED) is 0.196. The Morgan fingerprint density at radius 1 is 0.842 bits per heavy atom. The van der Waals surface area contributed by atoms with Crippen LogP contribution >= 0.6 is 15.2 Å². The third kappa shape index (κ3) is 10.8. The van der Waals surface area contributed by atoms with Gasteiger partial charge in [0.25, 0.3) is 0 Å². The van der Waals surface area contributed by atoms with E-state index in [1.165, 1.54) is 59.4 Å². The minimum Gasteiger partial charge on any atom is -1.00 e. The molecule has 2 aliphatic rings. The molecule has 16 heteroatoms. The zero-order valence-electron chi connectivity index (χ0n) is 26.3. The maximum Gasteiger partial charge on any atom is 1.00 e. The third-order valence-electron chi connectivity index (χ3n) is 5.12. The maximum atomic E-state index is 12.5. The molecule has 3 rings (SSSR count). The Hall–Kier alpha value is 1.16. The van der Waals surface area contributed by atoms with Gasteiger partial charge in [-0.3, -0.25) is 4.57 Å². The molecule has 2 N–H and O–H groups in total. The molecule has 0 atom stereocenters. The molecule has 0 heterocycles. The summed E-state index contributed by atoms with van der Waals surface area (Å²) in [5.41, 5.74) is 1.78. The van der Waals surface area contributed by atoms with Crippen LogP contribution in [-0.4, -0.2) is 42.2 Å². The van der Waals surface area contributed by atoms with E-state index in [4.69, 9.17) is 0 Å². The van der Waals surface area contributed by atoms with Crippen molar-refractivity contribution in [3.05, 3.63) is 71.7 Å². The second-order valence-corrected chi connectivity index (χ2v) is 10.7. The Labute approximate surface area is 315 Å². The molecule has 2 amide bonds. The van der Waals surface area contributed by atoms with Crippen molar-refractivity contribution in [3.8, 4) is 0 Å². The topological polar surface area (TPSA) is 161 Å². The predicted octanol–water partition coefficient (Wildman–Crippen LogP) is -10.8. The fourth-order valence-electron chi connectivity index (χ4n) is 3.66. The molecule has 0 saturated heterocycles. The summed E-state index contributed by atoms with van der Waals surface area (Å²) in [6.45, 7) is 2.67. The van der Waals surface area contributed by atoms with Crippen molar-refractivity contribution in [1.29, 1.82) is 0 Å². The van der Waals surface area contributed by atoms with Gasteiger partial charge >= 0.3 is 138 Å². The molecular formula is C22H26N2Na4O8P2. The monoisotopic (exact) mass is 600 g/mol. The van der Waals surface area contributed by atoms with Crippen molar-refractivity contribution >= 4 is 49.4 Å². The average Bonchev–Trinajstić information content (AvgIpc) is 2.73. The number of rotatable bonds is 4. The van der Waals surface area contributed by atoms with E-state index in [2.05, 4.69) is 0 Å². The number of carbonyl (C=O) groups excluding carboxylic acids is 2. The molecule has 0 spiro atoms. The zero-order valence-corrected chi connectivity index (χ0v) is 32.1. The molecule has 1 aromatic rings. The number of benzene rings is 1. The van der Waals surface area contributed by atoms with Crippen LogP contribution in [-0.2, 0) is 18.7 Å². The van der Waals surface area contributed by atoms with Gasteiger partial charge in [-0.2, -0.15) is 0 Å². The van der Waals surface area contributed by atoms with Crippen LogP contribution in [0, 0.1) is 0 Å². The van der Waals surface area contributed by atoms with Gasteiger partial charge in [-0.1, -0.05) is 12.2 Å². The number of nitrogens with zero attached hydrogens (tertiary/aromatic N) is 2. The summed E-state index contributed by atoms with van der Waals surface area (Å²) in [6, 6.07) is 5.34. The summed E-state index contributed by atoms with van der Waals surface area (Å²) in [5, 5.41) is -0.525. The van der Waals surface area contributed by atoms with Crippen LogP contribution < -0.4 is 133 Å². The summed E-state index contributed by atoms with van der Waals surface area (Å²) in [4.78, 5) is 66.1. The summed E-state index contributed by atoms with van der Waals surface area (Å²) < 4.78 is 25.4. The van der Waals surface area contributed by atoms with Gasteiger partial charge < -0.3 is 29.8 Å². The Balaban J connectivity index is -0.000000405. The number of amides is 2. The van der Waals surface area contributed by atoms with Gasteiger partial charge in [0, 0.05) is 24.3 Å². The van der Waals surface area contributed by atoms with Crippen molar-refractivity contribution in [2.75, 3.05) is 0 Å². The van der Waals surface area contributed by atoms with Crippen LogP contribution in [0.2, 0.25) is 0 Å². The number of hydrogen-bond acceptors (Lipinski definition) is 6. The molecular weight excluding hydrogens is 574 g/mol. The molecule has 0 fully saturated rings. The van der Waals surface area contributed by atoms with E-state index in [0.29, 0.717) is 29.2 Å². The summed E-state index contributed by atoms with van der Waals surface area (Å²) in [6.07, 6.45) is 9.24. The predicted molar refractivity (Wildman–Crippen MR) is 125 cm³/mol. The number of carbonyl (C=O) groups is 2. The zero-order chi connectivity index (χ0) is 25.3. The molecule has 0 unspecified atom stereocenters. The third-order valence-corrected chi connectivity index (χ3v) is 7.05. The fraction of sp³-hybridized carbons (Fsp3) is 0.182. The normalized spacial score (nSPS) is 17.3. The molecule has 1 aromatic carbocycles. The second kappa shape index (κ2) is 17.3. The van der Waals surface area contributed by atoms with E-state index in [0.717, 1.165) is 6.08 Å². The molecule has 0 bridgehead atoms. The smallest absolute Gasteiger partial charge is 1.00 e. The van der Waals surface area contributed by atoms with Gasteiger partial charge in [0.2, 0.25) is 17.1 Å². The largest absolute Gasteiger partial charge is 1.00 e. The Kier molecular flexibility index (Phi) is 18.8. The van der Waals surface area contributed by atoms with Gasteiger partial charge in [0.15, 0.2) is 5.71 Å². The molecule has 0 saturated carbocycles. The van der Waals surface area contributed by atoms with E-state index in [1.54, 1.807) is 18.2 Å². The van der Waals surface area contributed by atoms with Crippen molar-refractivity contribution in [2.24, 2.45) is 0 Å². The van der Waals surface area contributed by atoms with Crippen LogP contribution in [0.25, 0.3) is 0 Å². The van der Waals surface area contributed by atoms with Gasteiger partial charge in [-0.25, -0.2) is 9.59 Å². The number of allylic oxidation sites excluding steroid dienone is 7. The van der Waals surface area contributed by atoms with Gasteiger partial charge in [0.1, 0.15) is 0 Å². The maximum absolute atomic E-state index is 12.5. The number of hydrogen-bond donors (Lipinski definition) is 2. The molecule has 0 aliphatic heterocycles. The second-order valence-electron chi connectivity index (χ2n) is 7.59. The minimum atomic E-state index is -4.90. The molecule has 2 aliphatic carbocycles. The first kappa shape index (κ1) is 41.3. The Morgan fingerprint density at radius 2 is 1.39 bits per heavy atom.